The van der Waals surface area contributed by atoms with E-state index in [4.69, 9.17) is 10.2 Å². The van der Waals surface area contributed by atoms with E-state index in [9.17, 15) is 0 Å². The van der Waals surface area contributed by atoms with Gasteiger partial charge < -0.3 is 10.2 Å². The highest BCUT2D eigenvalue weighted by atomic mass is 32.2. The summed E-state index contributed by atoms with van der Waals surface area (Å²) in [5, 5.41) is 8.66. The van der Waals surface area contributed by atoms with Crippen molar-refractivity contribution >= 4 is 11.8 Å². The topological polar surface area (TPSA) is 64.9 Å². The molecule has 5 heteroatoms. The minimum Gasteiger partial charge on any atom is -0.416 e. The first-order valence-electron chi connectivity index (χ1n) is 4.92. The first-order chi connectivity index (χ1) is 6.79. The molecule has 78 valence electrons. The summed E-state index contributed by atoms with van der Waals surface area (Å²) in [4.78, 5) is 0. The Morgan fingerprint density at radius 3 is 2.57 bits per heavy atom. The van der Waals surface area contributed by atoms with Crippen molar-refractivity contribution in [2.45, 2.75) is 42.9 Å². The lowest BCUT2D eigenvalue weighted by molar-refractivity contribution is 0.318. The average molecular weight is 213 g/mol. The molecule has 1 fully saturated rings. The van der Waals surface area contributed by atoms with Gasteiger partial charge in [-0.25, -0.2) is 0 Å². The van der Waals surface area contributed by atoms with Gasteiger partial charge in [0.1, 0.15) is 0 Å². The van der Waals surface area contributed by atoms with Crippen LogP contribution in [0.1, 0.15) is 37.5 Å². The minimum absolute atomic E-state index is 0.370. The zero-order chi connectivity index (χ0) is 9.97. The predicted octanol–water partition coefficient (Wildman–Crippen LogP) is 1.78. The highest BCUT2D eigenvalue weighted by Crippen LogP contribution is 2.32. The molecule has 1 aromatic rings. The summed E-state index contributed by atoms with van der Waals surface area (Å²) < 4.78 is 5.51. The van der Waals surface area contributed by atoms with Crippen molar-refractivity contribution in [3.8, 4) is 0 Å². The molecule has 0 amide bonds. The van der Waals surface area contributed by atoms with Crippen molar-refractivity contribution in [1.29, 1.82) is 0 Å². The lowest BCUT2D eigenvalue weighted by Crippen LogP contribution is -2.25. The van der Waals surface area contributed by atoms with Gasteiger partial charge in [0.15, 0.2) is 0 Å². The number of nitrogens with zero attached hydrogens (tertiary/aromatic N) is 2. The summed E-state index contributed by atoms with van der Waals surface area (Å²) in [5.74, 6) is 1.23. The summed E-state index contributed by atoms with van der Waals surface area (Å²) in [6, 6.07) is 0.370. The SMILES string of the molecule is CSc1nnc(C2CCC(N)CC2)o1. The number of nitrogens with two attached hydrogens (primary N) is 1. The molecule has 1 heterocycles. The van der Waals surface area contributed by atoms with Gasteiger partial charge in [-0.15, -0.1) is 10.2 Å². The maximum atomic E-state index is 5.84. The molecule has 0 spiro atoms. The van der Waals surface area contributed by atoms with Gasteiger partial charge >= 0.3 is 0 Å². The van der Waals surface area contributed by atoms with Gasteiger partial charge in [0.2, 0.25) is 5.89 Å². The third kappa shape index (κ3) is 2.09. The summed E-state index contributed by atoms with van der Waals surface area (Å²) in [6.45, 7) is 0. The molecule has 0 radical (unpaired) electrons. The highest BCUT2D eigenvalue weighted by Gasteiger charge is 2.24. The van der Waals surface area contributed by atoms with Crippen molar-refractivity contribution in [3.05, 3.63) is 5.89 Å². The Bertz CT molecular complexity index is 294. The zero-order valence-electron chi connectivity index (χ0n) is 8.27. The Morgan fingerprint density at radius 2 is 2.00 bits per heavy atom. The summed E-state index contributed by atoms with van der Waals surface area (Å²) in [6.07, 6.45) is 6.24. The fraction of sp³-hybridized carbons (Fsp3) is 0.778. The van der Waals surface area contributed by atoms with Crippen LogP contribution >= 0.6 is 11.8 Å². The van der Waals surface area contributed by atoms with Crippen molar-refractivity contribution < 1.29 is 4.42 Å². The van der Waals surface area contributed by atoms with E-state index < -0.39 is 0 Å². The maximum absolute atomic E-state index is 5.84. The summed E-state index contributed by atoms with van der Waals surface area (Å²) in [5.41, 5.74) is 5.84. The van der Waals surface area contributed by atoms with Crippen molar-refractivity contribution in [3.63, 3.8) is 0 Å². The van der Waals surface area contributed by atoms with Gasteiger partial charge in [0, 0.05) is 12.0 Å². The second kappa shape index (κ2) is 4.31. The zero-order valence-corrected chi connectivity index (χ0v) is 9.09. The van der Waals surface area contributed by atoms with Gasteiger partial charge in [-0.05, 0) is 31.9 Å². The van der Waals surface area contributed by atoms with E-state index in [1.54, 1.807) is 0 Å². The molecule has 0 aromatic carbocycles. The molecule has 0 atom stereocenters. The molecule has 1 saturated carbocycles. The lowest BCUT2D eigenvalue weighted by atomic mass is 9.86. The predicted molar refractivity (Wildman–Crippen MR) is 55.3 cm³/mol. The van der Waals surface area contributed by atoms with E-state index in [2.05, 4.69) is 10.2 Å². The summed E-state index contributed by atoms with van der Waals surface area (Å²) >= 11 is 1.49. The van der Waals surface area contributed by atoms with Gasteiger partial charge in [-0.1, -0.05) is 11.8 Å². The highest BCUT2D eigenvalue weighted by molar-refractivity contribution is 7.98. The fourth-order valence-electron chi connectivity index (χ4n) is 1.83. The van der Waals surface area contributed by atoms with Crippen LogP contribution < -0.4 is 5.73 Å². The Hall–Kier alpha value is -0.550. The lowest BCUT2D eigenvalue weighted by Gasteiger charge is -2.23. The van der Waals surface area contributed by atoms with E-state index in [1.807, 2.05) is 6.26 Å². The molecule has 4 nitrogen and oxygen atoms in total. The molecular weight excluding hydrogens is 198 g/mol. The number of aromatic nitrogens is 2. The van der Waals surface area contributed by atoms with Crippen molar-refractivity contribution in [2.24, 2.45) is 5.73 Å². The Kier molecular flexibility index (Phi) is 3.08. The average Bonchev–Trinajstić information content (AvgIpc) is 2.67. The van der Waals surface area contributed by atoms with Gasteiger partial charge in [-0.2, -0.15) is 0 Å². The van der Waals surface area contributed by atoms with Crippen LogP contribution in [0.3, 0.4) is 0 Å². The van der Waals surface area contributed by atoms with Crippen molar-refractivity contribution in [2.75, 3.05) is 6.26 Å². The molecule has 0 bridgehead atoms. The second-order valence-corrected chi connectivity index (χ2v) is 4.48. The van der Waals surface area contributed by atoms with Crippen LogP contribution in [0.5, 0.6) is 0 Å². The molecular formula is C9H15N3OS. The van der Waals surface area contributed by atoms with E-state index in [1.165, 1.54) is 11.8 Å². The maximum Gasteiger partial charge on any atom is 0.276 e. The monoisotopic (exact) mass is 213 g/mol. The van der Waals surface area contributed by atoms with Crippen LogP contribution in [0, 0.1) is 0 Å². The van der Waals surface area contributed by atoms with Crippen LogP contribution in [0.15, 0.2) is 9.64 Å². The first-order valence-corrected chi connectivity index (χ1v) is 6.15. The fourth-order valence-corrected chi connectivity index (χ4v) is 2.13. The number of thioether (sulfide) groups is 1. The van der Waals surface area contributed by atoms with Gasteiger partial charge in [0.25, 0.3) is 5.22 Å². The van der Waals surface area contributed by atoms with Crippen LogP contribution in [0.4, 0.5) is 0 Å². The molecule has 2 N–H and O–H groups in total. The van der Waals surface area contributed by atoms with Crippen LogP contribution in [-0.4, -0.2) is 22.5 Å². The largest absolute Gasteiger partial charge is 0.416 e. The smallest absolute Gasteiger partial charge is 0.276 e. The Labute approximate surface area is 87.6 Å². The molecule has 14 heavy (non-hydrogen) atoms. The molecule has 1 aromatic heterocycles. The molecule has 0 saturated heterocycles. The second-order valence-electron chi connectivity index (χ2n) is 3.72. The van der Waals surface area contributed by atoms with Gasteiger partial charge in [-0.3, -0.25) is 0 Å². The molecule has 1 aliphatic carbocycles. The quantitative estimate of drug-likeness (QED) is 0.758. The van der Waals surface area contributed by atoms with Crippen molar-refractivity contribution in [1.82, 2.24) is 10.2 Å². The van der Waals surface area contributed by atoms with Crippen LogP contribution in [0.25, 0.3) is 0 Å². The number of hydrogen-bond donors (Lipinski definition) is 1. The third-order valence-electron chi connectivity index (χ3n) is 2.72. The van der Waals surface area contributed by atoms with Crippen LogP contribution in [-0.2, 0) is 0 Å². The number of hydrogen-bond acceptors (Lipinski definition) is 5. The van der Waals surface area contributed by atoms with Crippen LogP contribution in [0.2, 0.25) is 0 Å². The Morgan fingerprint density at radius 1 is 1.29 bits per heavy atom. The third-order valence-corrected chi connectivity index (χ3v) is 3.23. The molecule has 1 aliphatic rings. The first kappa shape index (κ1) is 9.98. The van der Waals surface area contributed by atoms with E-state index in [0.29, 0.717) is 17.2 Å². The molecule has 2 rings (SSSR count). The molecule has 0 unspecified atom stereocenters. The molecule has 0 aliphatic heterocycles. The van der Waals surface area contributed by atoms with Gasteiger partial charge in [0.05, 0.1) is 0 Å². The minimum atomic E-state index is 0.370. The normalized spacial score (nSPS) is 27.9. The number of rotatable bonds is 2. The standard InChI is InChI=1S/C9H15N3OS/c1-14-9-12-11-8(13-9)6-2-4-7(10)5-3-6/h6-7H,2-5,10H2,1H3. The van der Waals surface area contributed by atoms with E-state index in [0.717, 1.165) is 31.6 Å². The van der Waals surface area contributed by atoms with E-state index in [-0.39, 0.29) is 0 Å². The van der Waals surface area contributed by atoms with E-state index >= 15 is 0 Å². The summed E-state index contributed by atoms with van der Waals surface area (Å²) in [7, 11) is 0. The Balaban J connectivity index is 2.01.